The van der Waals surface area contributed by atoms with Crippen LogP contribution in [0, 0.1) is 0 Å². The second kappa shape index (κ2) is 6.14. The first-order chi connectivity index (χ1) is 12.5. The van der Waals surface area contributed by atoms with E-state index in [1.807, 2.05) is 55.6 Å². The lowest BCUT2D eigenvalue weighted by Gasteiger charge is -2.11. The van der Waals surface area contributed by atoms with E-state index in [-0.39, 0.29) is 5.91 Å². The first-order valence-corrected chi connectivity index (χ1v) is 8.88. The van der Waals surface area contributed by atoms with Crippen LogP contribution in [-0.2, 0) is 11.3 Å². The molecule has 1 fully saturated rings. The maximum atomic E-state index is 12.4. The maximum Gasteiger partial charge on any atom is 0.276 e. The van der Waals surface area contributed by atoms with Crippen molar-refractivity contribution in [1.82, 2.24) is 14.4 Å². The first-order valence-electron chi connectivity index (χ1n) is 8.47. The highest BCUT2D eigenvalue weighted by Crippen LogP contribution is 2.31. The lowest BCUT2D eigenvalue weighted by atomic mass is 10.2. The molecule has 1 amide bonds. The molecule has 26 heavy (non-hydrogen) atoms. The maximum absolute atomic E-state index is 12.4. The van der Waals surface area contributed by atoms with Gasteiger partial charge in [0, 0.05) is 44.0 Å². The average Bonchev–Trinajstić information content (AvgIpc) is 3.26. The molecule has 0 spiro atoms. The van der Waals surface area contributed by atoms with Crippen LogP contribution in [0.5, 0.6) is 0 Å². The zero-order chi connectivity index (χ0) is 18.4. The van der Waals surface area contributed by atoms with Gasteiger partial charge in [0.15, 0.2) is 10.7 Å². The summed E-state index contributed by atoms with van der Waals surface area (Å²) < 4.78 is 8.19. The van der Waals surface area contributed by atoms with Gasteiger partial charge in [-0.05, 0) is 25.2 Å². The fraction of sp³-hybridized carbons (Fsp3) is 0.200. The number of hydrogen-bond acceptors (Lipinski definition) is 3. The van der Waals surface area contributed by atoms with Gasteiger partial charge in [0.05, 0.1) is 5.52 Å². The number of aromatic nitrogens is 1. The molecule has 0 saturated carbocycles. The number of amides is 1. The smallest absolute Gasteiger partial charge is 0.276 e. The molecule has 0 aliphatic carbocycles. The van der Waals surface area contributed by atoms with Crippen LogP contribution in [0.1, 0.15) is 12.6 Å². The van der Waals surface area contributed by atoms with Gasteiger partial charge in [0.2, 0.25) is 0 Å². The quantitative estimate of drug-likeness (QED) is 0.521. The molecule has 0 radical (unpaired) electrons. The van der Waals surface area contributed by atoms with Crippen molar-refractivity contribution in [2.24, 2.45) is 0 Å². The number of benzene rings is 1. The summed E-state index contributed by atoms with van der Waals surface area (Å²) in [5.41, 5.74) is 4.36. The number of nitrogens with zero attached hydrogens (tertiary/aromatic N) is 3. The highest BCUT2D eigenvalue weighted by molar-refractivity contribution is 7.80. The zero-order valence-corrected chi connectivity index (χ0v) is 15.7. The molecule has 0 bridgehead atoms. The lowest BCUT2D eigenvalue weighted by molar-refractivity contribution is -0.121. The van der Waals surface area contributed by atoms with Gasteiger partial charge in [-0.2, -0.15) is 0 Å². The van der Waals surface area contributed by atoms with Gasteiger partial charge in [-0.15, -0.1) is 0 Å². The van der Waals surface area contributed by atoms with E-state index in [4.69, 9.17) is 16.6 Å². The minimum absolute atomic E-state index is 0.0945. The van der Waals surface area contributed by atoms with Crippen molar-refractivity contribution < 1.29 is 9.21 Å². The van der Waals surface area contributed by atoms with Crippen molar-refractivity contribution in [1.29, 1.82) is 0 Å². The third-order valence-electron chi connectivity index (χ3n) is 4.74. The molecule has 3 heterocycles. The molecule has 1 aromatic carbocycles. The van der Waals surface area contributed by atoms with Gasteiger partial charge >= 0.3 is 0 Å². The fourth-order valence-electron chi connectivity index (χ4n) is 3.31. The number of furan rings is 1. The third kappa shape index (κ3) is 2.45. The number of rotatable bonds is 3. The van der Waals surface area contributed by atoms with Crippen molar-refractivity contribution in [3.05, 3.63) is 53.9 Å². The second-order valence-corrected chi connectivity index (χ2v) is 6.64. The molecule has 1 saturated heterocycles. The molecule has 0 unspecified atom stereocenters. The standard InChI is InChI=1S/C20H19N3O2S/c1-4-23-14(10-16-19(24)22(3)20(26)21(16)2)11-18-15(23)12-17(25-18)13-8-6-5-7-9-13/h5-12H,4H2,1-3H3/b16-10+. The molecule has 0 atom stereocenters. The average molecular weight is 365 g/mol. The van der Waals surface area contributed by atoms with Gasteiger partial charge in [0.25, 0.3) is 5.91 Å². The van der Waals surface area contributed by atoms with Crippen LogP contribution in [0.3, 0.4) is 0 Å². The normalized spacial score (nSPS) is 16.5. The van der Waals surface area contributed by atoms with Crippen molar-refractivity contribution in [3.63, 3.8) is 0 Å². The molecule has 1 aliphatic rings. The van der Waals surface area contributed by atoms with Crippen LogP contribution >= 0.6 is 12.2 Å². The van der Waals surface area contributed by atoms with Gasteiger partial charge in [-0.25, -0.2) is 0 Å². The predicted molar refractivity (Wildman–Crippen MR) is 106 cm³/mol. The molecule has 6 heteroatoms. The zero-order valence-electron chi connectivity index (χ0n) is 14.9. The Morgan fingerprint density at radius 3 is 2.46 bits per heavy atom. The molecule has 3 aromatic rings. The summed E-state index contributed by atoms with van der Waals surface area (Å²) >= 11 is 5.28. The van der Waals surface area contributed by atoms with E-state index >= 15 is 0 Å². The van der Waals surface area contributed by atoms with Crippen molar-refractivity contribution in [2.45, 2.75) is 13.5 Å². The number of likely N-dealkylation sites (N-methyl/N-ethyl adjacent to an activating group) is 2. The van der Waals surface area contributed by atoms with Gasteiger partial charge in [0.1, 0.15) is 11.5 Å². The Labute approximate surface area is 157 Å². The Hall–Kier alpha value is -2.86. The summed E-state index contributed by atoms with van der Waals surface area (Å²) in [7, 11) is 3.51. The van der Waals surface area contributed by atoms with E-state index in [1.165, 1.54) is 4.90 Å². The van der Waals surface area contributed by atoms with E-state index in [0.29, 0.717) is 10.8 Å². The van der Waals surface area contributed by atoms with Crippen molar-refractivity contribution in [2.75, 3.05) is 14.1 Å². The molecule has 1 aliphatic heterocycles. The number of carbonyl (C=O) groups is 1. The van der Waals surface area contributed by atoms with E-state index in [2.05, 4.69) is 11.5 Å². The Bertz CT molecular complexity index is 1050. The number of aryl methyl sites for hydroxylation is 1. The van der Waals surface area contributed by atoms with Gasteiger partial charge in [-0.1, -0.05) is 30.3 Å². The molecular weight excluding hydrogens is 346 g/mol. The van der Waals surface area contributed by atoms with Gasteiger partial charge in [-0.3, -0.25) is 9.69 Å². The van der Waals surface area contributed by atoms with E-state index in [1.54, 1.807) is 11.9 Å². The largest absolute Gasteiger partial charge is 0.454 e. The Morgan fingerprint density at radius 2 is 1.85 bits per heavy atom. The number of hydrogen-bond donors (Lipinski definition) is 0. The van der Waals surface area contributed by atoms with Crippen LogP contribution in [-0.4, -0.2) is 39.5 Å². The molecule has 4 rings (SSSR count). The van der Waals surface area contributed by atoms with Crippen molar-refractivity contribution in [3.8, 4) is 11.3 Å². The van der Waals surface area contributed by atoms with Crippen LogP contribution in [0.15, 0.2) is 52.6 Å². The van der Waals surface area contributed by atoms with Crippen LogP contribution < -0.4 is 0 Å². The topological polar surface area (TPSA) is 41.6 Å². The van der Waals surface area contributed by atoms with E-state index in [0.717, 1.165) is 34.7 Å². The highest BCUT2D eigenvalue weighted by Gasteiger charge is 2.33. The van der Waals surface area contributed by atoms with Gasteiger partial charge < -0.3 is 13.9 Å². The highest BCUT2D eigenvalue weighted by atomic mass is 32.1. The monoisotopic (exact) mass is 365 g/mol. The summed E-state index contributed by atoms with van der Waals surface area (Å²) in [6.45, 7) is 2.85. The predicted octanol–water partition coefficient (Wildman–Crippen LogP) is 3.95. The number of carbonyl (C=O) groups excluding carboxylic acids is 1. The fourth-order valence-corrected chi connectivity index (χ4v) is 3.49. The summed E-state index contributed by atoms with van der Waals surface area (Å²) in [5.74, 6) is 0.745. The second-order valence-electron chi connectivity index (χ2n) is 6.27. The number of fused-ring (bicyclic) bond motifs is 1. The number of thiocarbonyl (C=S) groups is 1. The summed E-state index contributed by atoms with van der Waals surface area (Å²) in [4.78, 5) is 15.6. The Balaban J connectivity index is 1.80. The minimum atomic E-state index is -0.0945. The SMILES string of the molecule is CCn1c(/C=C2\C(=O)N(C)C(=S)N2C)cc2oc(-c3ccccc3)cc21. The molecule has 132 valence electrons. The summed E-state index contributed by atoms with van der Waals surface area (Å²) in [6.07, 6.45) is 1.87. The lowest BCUT2D eigenvalue weighted by Crippen LogP contribution is -2.26. The van der Waals surface area contributed by atoms with Crippen molar-refractivity contribution >= 4 is 40.4 Å². The molecule has 2 aromatic heterocycles. The minimum Gasteiger partial charge on any atom is -0.454 e. The van der Waals surface area contributed by atoms with E-state index in [9.17, 15) is 4.79 Å². The third-order valence-corrected chi connectivity index (χ3v) is 5.29. The first kappa shape index (κ1) is 16.6. The van der Waals surface area contributed by atoms with E-state index < -0.39 is 0 Å². The Morgan fingerprint density at radius 1 is 1.12 bits per heavy atom. The summed E-state index contributed by atoms with van der Waals surface area (Å²) in [5, 5.41) is 0.505. The van der Waals surface area contributed by atoms with Crippen LogP contribution in [0.25, 0.3) is 28.5 Å². The van der Waals surface area contributed by atoms with Crippen LogP contribution in [0.4, 0.5) is 0 Å². The molecule has 0 N–H and O–H groups in total. The summed E-state index contributed by atoms with van der Waals surface area (Å²) in [6, 6.07) is 14.0. The van der Waals surface area contributed by atoms with Crippen LogP contribution in [0.2, 0.25) is 0 Å². The molecule has 5 nitrogen and oxygen atoms in total. The molecular formula is C20H19N3O2S. The Kier molecular flexibility index (Phi) is 3.92.